The van der Waals surface area contributed by atoms with Gasteiger partial charge < -0.3 is 9.47 Å². The Labute approximate surface area is 89.9 Å². The van der Waals surface area contributed by atoms with Gasteiger partial charge in [-0.15, -0.1) is 0 Å². The van der Waals surface area contributed by atoms with Gasteiger partial charge in [0.05, 0.1) is 6.10 Å². The molecule has 0 aromatic carbocycles. The van der Waals surface area contributed by atoms with Gasteiger partial charge in [-0.1, -0.05) is 20.8 Å². The monoisotopic (exact) mass is 217 g/mol. The molecule has 4 heteroatoms. The average Bonchev–Trinajstić information content (AvgIpc) is 2.18. The van der Waals surface area contributed by atoms with Crippen molar-refractivity contribution >= 4 is 5.97 Å². The van der Waals surface area contributed by atoms with Gasteiger partial charge in [-0.3, -0.25) is 4.79 Å². The maximum absolute atomic E-state index is 13.8. The summed E-state index contributed by atoms with van der Waals surface area (Å²) in [5.41, 5.74) is 0. The van der Waals surface area contributed by atoms with Crippen molar-refractivity contribution in [2.24, 2.45) is 11.8 Å². The largest absolute Gasteiger partial charge is 0.433 e. The first-order valence-corrected chi connectivity index (χ1v) is 5.44. The van der Waals surface area contributed by atoms with Gasteiger partial charge in [0.15, 0.2) is 6.17 Å². The molecule has 0 aromatic rings. The highest BCUT2D eigenvalue weighted by Gasteiger charge is 2.42. The lowest BCUT2D eigenvalue weighted by Gasteiger charge is -2.40. The lowest BCUT2D eigenvalue weighted by Crippen LogP contribution is -2.48. The standard InChI is InChI=1S/C11H19FO3/c1-5-9-6(2)7(3)10(12)11(15-9)14-8(4)13/h6-7,9-11H,5H2,1-4H3/t6-,7-,9?,10?,11+/m0/s1/i12-1. The van der Waals surface area contributed by atoms with E-state index in [1.807, 2.05) is 20.8 Å². The lowest BCUT2D eigenvalue weighted by molar-refractivity contribution is -0.246. The Morgan fingerprint density at radius 3 is 2.47 bits per heavy atom. The van der Waals surface area contributed by atoms with Crippen LogP contribution in [0.25, 0.3) is 0 Å². The van der Waals surface area contributed by atoms with Crippen molar-refractivity contribution in [3.63, 3.8) is 0 Å². The minimum Gasteiger partial charge on any atom is -0.433 e. The van der Waals surface area contributed by atoms with E-state index in [1.165, 1.54) is 6.92 Å². The van der Waals surface area contributed by atoms with Crippen LogP contribution in [0.5, 0.6) is 0 Å². The summed E-state index contributed by atoms with van der Waals surface area (Å²) in [6, 6.07) is 0. The number of hydrogen-bond donors (Lipinski definition) is 0. The first-order valence-electron chi connectivity index (χ1n) is 5.44. The molecule has 0 N–H and O–H groups in total. The molecule has 0 amide bonds. The second-order valence-corrected chi connectivity index (χ2v) is 4.22. The molecule has 15 heavy (non-hydrogen) atoms. The number of ether oxygens (including phenoxy) is 2. The van der Waals surface area contributed by atoms with E-state index in [2.05, 4.69) is 0 Å². The first-order chi connectivity index (χ1) is 6.97. The van der Waals surface area contributed by atoms with E-state index in [4.69, 9.17) is 9.47 Å². The topological polar surface area (TPSA) is 35.5 Å². The molecule has 2 unspecified atom stereocenters. The number of alkyl halides is 1. The molecule has 0 bridgehead atoms. The van der Waals surface area contributed by atoms with E-state index in [1.54, 1.807) is 0 Å². The fourth-order valence-corrected chi connectivity index (χ4v) is 1.97. The summed E-state index contributed by atoms with van der Waals surface area (Å²) in [6.45, 7) is 7.05. The number of hydrogen-bond acceptors (Lipinski definition) is 3. The summed E-state index contributed by atoms with van der Waals surface area (Å²) in [7, 11) is 0. The van der Waals surface area contributed by atoms with Crippen molar-refractivity contribution in [1.29, 1.82) is 0 Å². The quantitative estimate of drug-likeness (QED) is 0.666. The molecule has 1 aliphatic rings. The Kier molecular flexibility index (Phi) is 4.08. The molecule has 1 saturated heterocycles. The second-order valence-electron chi connectivity index (χ2n) is 4.22. The summed E-state index contributed by atoms with van der Waals surface area (Å²) >= 11 is 0. The minimum absolute atomic E-state index is 0.0312. The molecule has 1 rings (SSSR count). The maximum atomic E-state index is 13.8. The average molecular weight is 217 g/mol. The Hall–Kier alpha value is -0.640. The molecule has 88 valence electrons. The number of halogens is 1. The fourth-order valence-electron chi connectivity index (χ4n) is 1.97. The van der Waals surface area contributed by atoms with E-state index < -0.39 is 18.4 Å². The number of carbonyl (C=O) groups excluding carboxylic acids is 1. The molecule has 0 spiro atoms. The summed E-state index contributed by atoms with van der Waals surface area (Å²) in [5.74, 6) is -0.496. The lowest BCUT2D eigenvalue weighted by atomic mass is 9.83. The van der Waals surface area contributed by atoms with Crippen molar-refractivity contribution in [2.45, 2.75) is 52.7 Å². The zero-order valence-corrected chi connectivity index (χ0v) is 9.70. The normalized spacial score (nSPS) is 41.3. The van der Waals surface area contributed by atoms with E-state index in [0.717, 1.165) is 6.42 Å². The van der Waals surface area contributed by atoms with Crippen LogP contribution in [0.1, 0.15) is 34.1 Å². The molecule has 0 radical (unpaired) electrons. The smallest absolute Gasteiger partial charge is 0.305 e. The first kappa shape index (κ1) is 12.4. The predicted octanol–water partition coefficient (Wildman–Crippen LogP) is 2.29. The molecule has 5 atom stereocenters. The van der Waals surface area contributed by atoms with Crippen LogP contribution in [0.4, 0.5) is 4.39 Å². The Morgan fingerprint density at radius 1 is 1.40 bits per heavy atom. The van der Waals surface area contributed by atoms with Crippen molar-refractivity contribution < 1.29 is 18.7 Å². The highest BCUT2D eigenvalue weighted by molar-refractivity contribution is 5.66. The molecule has 1 aliphatic heterocycles. The van der Waals surface area contributed by atoms with Gasteiger partial charge in [-0.2, -0.15) is 0 Å². The van der Waals surface area contributed by atoms with Crippen molar-refractivity contribution in [3.8, 4) is 0 Å². The summed E-state index contributed by atoms with van der Waals surface area (Å²) < 4.78 is 24.0. The highest BCUT2D eigenvalue weighted by atomic mass is 18.2. The SMILES string of the molecule is CCC1O[C@@H](OC(C)=O)C([18F])[C@@H](C)[C@@H]1C. The number of rotatable bonds is 2. The summed E-state index contributed by atoms with van der Waals surface area (Å²) in [5, 5.41) is 0. The molecule has 1 heterocycles. The molecule has 0 aliphatic carbocycles. The van der Waals surface area contributed by atoms with Gasteiger partial charge in [0.25, 0.3) is 0 Å². The van der Waals surface area contributed by atoms with Crippen LogP contribution in [0.15, 0.2) is 0 Å². The van der Waals surface area contributed by atoms with Crippen molar-refractivity contribution in [2.75, 3.05) is 0 Å². The molecular formula is C11H19FO3. The van der Waals surface area contributed by atoms with Gasteiger partial charge in [0, 0.05) is 6.92 Å². The van der Waals surface area contributed by atoms with Gasteiger partial charge in [-0.05, 0) is 18.3 Å². The maximum Gasteiger partial charge on any atom is 0.305 e. The van der Waals surface area contributed by atoms with Crippen LogP contribution in [-0.2, 0) is 14.3 Å². The number of carbonyl (C=O) groups is 1. The van der Waals surface area contributed by atoms with Crippen molar-refractivity contribution in [1.82, 2.24) is 0 Å². The third-order valence-corrected chi connectivity index (χ3v) is 3.17. The number of esters is 1. The summed E-state index contributed by atoms with van der Waals surface area (Å²) in [4.78, 5) is 10.8. The van der Waals surface area contributed by atoms with E-state index in [-0.39, 0.29) is 17.9 Å². The molecule has 0 saturated carbocycles. The van der Waals surface area contributed by atoms with Crippen LogP contribution in [0.3, 0.4) is 0 Å². The van der Waals surface area contributed by atoms with Gasteiger partial charge in [-0.25, -0.2) is 4.39 Å². The fraction of sp³-hybridized carbons (Fsp3) is 0.909. The summed E-state index contributed by atoms with van der Waals surface area (Å²) in [6.07, 6.45) is -1.49. The third-order valence-electron chi connectivity index (χ3n) is 3.17. The van der Waals surface area contributed by atoms with Gasteiger partial charge >= 0.3 is 5.97 Å². The van der Waals surface area contributed by atoms with Crippen LogP contribution >= 0.6 is 0 Å². The zero-order valence-electron chi connectivity index (χ0n) is 9.70. The Bertz CT molecular complexity index is 230. The van der Waals surface area contributed by atoms with Gasteiger partial charge in [0.1, 0.15) is 0 Å². The predicted molar refractivity (Wildman–Crippen MR) is 53.9 cm³/mol. The molecule has 3 nitrogen and oxygen atoms in total. The van der Waals surface area contributed by atoms with Crippen LogP contribution in [0.2, 0.25) is 0 Å². The van der Waals surface area contributed by atoms with Gasteiger partial charge in [0.2, 0.25) is 6.29 Å². The highest BCUT2D eigenvalue weighted by Crippen LogP contribution is 2.34. The molecule has 1 fully saturated rings. The van der Waals surface area contributed by atoms with Crippen LogP contribution < -0.4 is 0 Å². The molecule has 0 aromatic heterocycles. The zero-order chi connectivity index (χ0) is 11.6. The Balaban J connectivity index is 2.69. The van der Waals surface area contributed by atoms with Crippen LogP contribution in [-0.4, -0.2) is 24.5 Å². The van der Waals surface area contributed by atoms with Crippen molar-refractivity contribution in [3.05, 3.63) is 0 Å². The van der Waals surface area contributed by atoms with E-state index >= 15 is 0 Å². The third kappa shape index (κ3) is 2.68. The second kappa shape index (κ2) is 4.92. The molecular weight excluding hydrogens is 198 g/mol. The van der Waals surface area contributed by atoms with Crippen LogP contribution in [0, 0.1) is 11.8 Å². The van der Waals surface area contributed by atoms with E-state index in [0.29, 0.717) is 0 Å². The minimum atomic E-state index is -1.23. The van der Waals surface area contributed by atoms with E-state index in [9.17, 15) is 9.18 Å². The Morgan fingerprint density at radius 2 is 2.00 bits per heavy atom.